The smallest absolute Gasteiger partial charge is 0.419 e. The van der Waals surface area contributed by atoms with Gasteiger partial charge in [-0.1, -0.05) is 0 Å². The fourth-order valence-electron chi connectivity index (χ4n) is 3.60. The van der Waals surface area contributed by atoms with Crippen LogP contribution in [0.25, 0.3) is 11.3 Å². The second-order valence-corrected chi connectivity index (χ2v) is 9.47. The molecule has 12 heteroatoms. The Labute approximate surface area is 193 Å². The molecular formula is C22H20F4N4O3S. The van der Waals surface area contributed by atoms with Crippen LogP contribution >= 0.6 is 0 Å². The first-order valence-corrected chi connectivity index (χ1v) is 11.6. The Bertz CT molecular complexity index is 1260. The molecule has 0 radical (unpaired) electrons. The highest BCUT2D eigenvalue weighted by atomic mass is 32.2. The number of methoxy groups -OCH3 is 1. The van der Waals surface area contributed by atoms with Crippen LogP contribution in [0.2, 0.25) is 0 Å². The van der Waals surface area contributed by atoms with Gasteiger partial charge in [0.2, 0.25) is 10.0 Å². The first-order valence-electron chi connectivity index (χ1n) is 10.2. The lowest BCUT2D eigenvalue weighted by Crippen LogP contribution is -2.49. The van der Waals surface area contributed by atoms with Crippen molar-refractivity contribution in [3.05, 3.63) is 66.0 Å². The fraction of sp³-hybridized carbons (Fsp3) is 0.273. The lowest BCUT2D eigenvalue weighted by Gasteiger charge is -2.34. The Hall–Kier alpha value is -3.25. The van der Waals surface area contributed by atoms with E-state index in [1.807, 2.05) is 29.2 Å². The maximum Gasteiger partial charge on any atom is 0.419 e. The Morgan fingerprint density at radius 1 is 0.912 bits per heavy atom. The quantitative estimate of drug-likeness (QED) is 0.500. The average molecular weight is 496 g/mol. The van der Waals surface area contributed by atoms with E-state index in [1.165, 1.54) is 0 Å². The molecule has 1 fully saturated rings. The molecule has 4 rings (SSSR count). The second-order valence-electron chi connectivity index (χ2n) is 7.54. The van der Waals surface area contributed by atoms with Gasteiger partial charge in [-0.2, -0.15) is 17.5 Å². The van der Waals surface area contributed by atoms with Crippen LogP contribution in [0.4, 0.5) is 23.4 Å². The maximum atomic E-state index is 13.6. The van der Waals surface area contributed by atoms with Gasteiger partial charge in [-0.15, -0.1) is 10.2 Å². The highest BCUT2D eigenvalue weighted by molar-refractivity contribution is 7.89. The molecule has 0 unspecified atom stereocenters. The van der Waals surface area contributed by atoms with Gasteiger partial charge in [0.25, 0.3) is 0 Å². The zero-order valence-electron chi connectivity index (χ0n) is 18.0. The summed E-state index contributed by atoms with van der Waals surface area (Å²) in [7, 11) is -2.64. The van der Waals surface area contributed by atoms with Crippen LogP contribution in [0.15, 0.2) is 59.5 Å². The topological polar surface area (TPSA) is 75.6 Å². The molecule has 2 heterocycles. The van der Waals surface area contributed by atoms with E-state index in [1.54, 1.807) is 19.2 Å². The molecule has 1 aliphatic rings. The summed E-state index contributed by atoms with van der Waals surface area (Å²) < 4.78 is 84.4. The molecule has 0 atom stereocenters. The molecule has 0 saturated carbocycles. The van der Waals surface area contributed by atoms with Crippen molar-refractivity contribution >= 4 is 15.8 Å². The van der Waals surface area contributed by atoms with E-state index in [0.29, 0.717) is 23.6 Å². The van der Waals surface area contributed by atoms with Gasteiger partial charge in [-0.25, -0.2) is 12.8 Å². The molecule has 1 aromatic heterocycles. The highest BCUT2D eigenvalue weighted by Crippen LogP contribution is 2.33. The molecular weight excluding hydrogens is 476 g/mol. The van der Waals surface area contributed by atoms with E-state index >= 15 is 0 Å². The van der Waals surface area contributed by atoms with Crippen LogP contribution in [0, 0.1) is 5.82 Å². The third-order valence-electron chi connectivity index (χ3n) is 5.48. The van der Waals surface area contributed by atoms with Crippen molar-refractivity contribution in [1.82, 2.24) is 14.5 Å². The van der Waals surface area contributed by atoms with Gasteiger partial charge in [-0.05, 0) is 54.6 Å². The molecule has 1 saturated heterocycles. The summed E-state index contributed by atoms with van der Waals surface area (Å²) >= 11 is 0. The molecule has 0 amide bonds. The van der Waals surface area contributed by atoms with E-state index in [9.17, 15) is 26.0 Å². The molecule has 0 spiro atoms. The summed E-state index contributed by atoms with van der Waals surface area (Å²) in [4.78, 5) is 1.24. The number of hydrogen-bond donors (Lipinski definition) is 0. The van der Waals surface area contributed by atoms with Crippen LogP contribution in [0.3, 0.4) is 0 Å². The average Bonchev–Trinajstić information content (AvgIpc) is 2.84. The van der Waals surface area contributed by atoms with Crippen molar-refractivity contribution in [1.29, 1.82) is 0 Å². The Morgan fingerprint density at radius 2 is 1.59 bits per heavy atom. The highest BCUT2D eigenvalue weighted by Gasteiger charge is 2.37. The first kappa shape index (κ1) is 23.9. The number of ether oxygens (including phenoxy) is 1. The van der Waals surface area contributed by atoms with Crippen LogP contribution in [-0.2, 0) is 16.2 Å². The maximum absolute atomic E-state index is 13.6. The molecule has 34 heavy (non-hydrogen) atoms. The zero-order chi connectivity index (χ0) is 24.5. The molecule has 0 N–H and O–H groups in total. The number of nitrogens with zero attached hydrogens (tertiary/aromatic N) is 4. The van der Waals surface area contributed by atoms with Gasteiger partial charge in [0, 0.05) is 31.7 Å². The SMILES string of the molecule is COc1ccc(-c2ccc(N3CCN(S(=O)(=O)c4ccc(F)c(C(F)(F)F)c4)CC3)nn2)cc1. The molecule has 180 valence electrons. The van der Waals surface area contributed by atoms with Gasteiger partial charge in [-0.3, -0.25) is 0 Å². The minimum Gasteiger partial charge on any atom is -0.497 e. The van der Waals surface area contributed by atoms with E-state index in [2.05, 4.69) is 10.2 Å². The third-order valence-corrected chi connectivity index (χ3v) is 7.37. The van der Waals surface area contributed by atoms with Gasteiger partial charge in [0.1, 0.15) is 11.6 Å². The van der Waals surface area contributed by atoms with Crippen LogP contribution in [0.1, 0.15) is 5.56 Å². The number of anilines is 1. The molecule has 3 aromatic rings. The van der Waals surface area contributed by atoms with Crippen molar-refractivity contribution in [3.63, 3.8) is 0 Å². The van der Waals surface area contributed by atoms with Crippen molar-refractivity contribution in [2.75, 3.05) is 38.2 Å². The van der Waals surface area contributed by atoms with Crippen molar-refractivity contribution < 1.29 is 30.7 Å². The fourth-order valence-corrected chi connectivity index (χ4v) is 5.05. The zero-order valence-corrected chi connectivity index (χ0v) is 18.8. The first-order chi connectivity index (χ1) is 16.1. The number of benzene rings is 2. The second kappa shape index (κ2) is 9.18. The normalized spacial score (nSPS) is 15.4. The third kappa shape index (κ3) is 4.82. The Morgan fingerprint density at radius 3 is 2.15 bits per heavy atom. The summed E-state index contributed by atoms with van der Waals surface area (Å²) in [6, 6.07) is 12.6. The van der Waals surface area contributed by atoms with Crippen LogP contribution < -0.4 is 9.64 Å². The van der Waals surface area contributed by atoms with E-state index < -0.39 is 32.5 Å². The molecule has 0 aliphatic carbocycles. The largest absolute Gasteiger partial charge is 0.497 e. The number of sulfonamides is 1. The van der Waals surface area contributed by atoms with Gasteiger partial charge in [0.05, 0.1) is 23.3 Å². The number of piperazine rings is 1. The van der Waals surface area contributed by atoms with Crippen molar-refractivity contribution in [2.45, 2.75) is 11.1 Å². The summed E-state index contributed by atoms with van der Waals surface area (Å²) in [5.41, 5.74) is -0.0999. The standard InChI is InChI=1S/C22H20F4N4O3S/c1-33-16-4-2-15(3-5-16)20-8-9-21(28-27-20)29-10-12-30(13-11-29)34(31,32)17-6-7-19(23)18(14-17)22(24,25)26/h2-9,14H,10-13H2,1H3. The molecule has 7 nitrogen and oxygen atoms in total. The predicted molar refractivity (Wildman–Crippen MR) is 116 cm³/mol. The van der Waals surface area contributed by atoms with Crippen molar-refractivity contribution in [2.24, 2.45) is 0 Å². The molecule has 1 aliphatic heterocycles. The Kier molecular flexibility index (Phi) is 6.45. The number of rotatable bonds is 5. The van der Waals surface area contributed by atoms with Crippen molar-refractivity contribution in [3.8, 4) is 17.0 Å². The number of halogens is 4. The summed E-state index contributed by atoms with van der Waals surface area (Å²) in [6.45, 7) is 0.595. The Balaban J connectivity index is 1.44. The monoisotopic (exact) mass is 496 g/mol. The number of hydrogen-bond acceptors (Lipinski definition) is 6. The number of aromatic nitrogens is 2. The number of alkyl halides is 3. The van der Waals surface area contributed by atoms with E-state index in [4.69, 9.17) is 4.74 Å². The molecule has 2 aromatic carbocycles. The van der Waals surface area contributed by atoms with Gasteiger partial charge < -0.3 is 9.64 Å². The predicted octanol–water partition coefficient (Wildman–Crippen LogP) is 3.82. The summed E-state index contributed by atoms with van der Waals surface area (Å²) in [5.74, 6) is -0.250. The van der Waals surface area contributed by atoms with E-state index in [0.717, 1.165) is 21.7 Å². The van der Waals surface area contributed by atoms with Crippen LogP contribution in [-0.4, -0.2) is 56.2 Å². The van der Waals surface area contributed by atoms with Crippen LogP contribution in [0.5, 0.6) is 5.75 Å². The molecule has 0 bridgehead atoms. The lowest BCUT2D eigenvalue weighted by molar-refractivity contribution is -0.140. The lowest BCUT2D eigenvalue weighted by atomic mass is 10.1. The van der Waals surface area contributed by atoms with Gasteiger partial charge in [0.15, 0.2) is 5.82 Å². The minimum absolute atomic E-state index is 0.0307. The van der Waals surface area contributed by atoms with Gasteiger partial charge >= 0.3 is 6.18 Å². The van der Waals surface area contributed by atoms with E-state index in [-0.39, 0.29) is 26.2 Å². The summed E-state index contributed by atoms with van der Waals surface area (Å²) in [6.07, 6.45) is -5.00. The summed E-state index contributed by atoms with van der Waals surface area (Å²) in [5, 5.41) is 8.45. The minimum atomic E-state index is -5.00.